The molecule has 0 aromatic carbocycles. The van der Waals surface area contributed by atoms with Gasteiger partial charge in [0.15, 0.2) is 0 Å². The van der Waals surface area contributed by atoms with Gasteiger partial charge in [0.05, 0.1) is 6.42 Å². The van der Waals surface area contributed by atoms with E-state index in [1.807, 2.05) is 18.9 Å². The molecule has 1 atom stereocenters. The highest BCUT2D eigenvalue weighted by Crippen LogP contribution is 1.98. The third-order valence-corrected chi connectivity index (χ3v) is 1.99. The number of nitrogens with one attached hydrogen (secondary N) is 1. The Morgan fingerprint density at radius 1 is 1.50 bits per heavy atom. The van der Waals surface area contributed by atoms with E-state index in [1.54, 1.807) is 7.05 Å². The van der Waals surface area contributed by atoms with Crippen LogP contribution in [0.4, 0.5) is 0 Å². The zero-order valence-electron chi connectivity index (χ0n) is 8.91. The zero-order valence-corrected chi connectivity index (χ0v) is 8.91. The molecule has 0 aliphatic carbocycles. The molecule has 5 nitrogen and oxygen atoms in total. The maximum atomic E-state index is 11.1. The van der Waals surface area contributed by atoms with Gasteiger partial charge in [0.2, 0.25) is 5.91 Å². The van der Waals surface area contributed by atoms with Crippen molar-refractivity contribution in [1.29, 1.82) is 0 Å². The Bertz CT molecular complexity index is 206. The molecule has 14 heavy (non-hydrogen) atoms. The highest BCUT2D eigenvalue weighted by Gasteiger charge is 2.13. The minimum Gasteiger partial charge on any atom is -0.481 e. The lowest BCUT2D eigenvalue weighted by molar-refractivity contribution is -0.137. The highest BCUT2D eigenvalue weighted by molar-refractivity contribution is 5.78. The van der Waals surface area contributed by atoms with Gasteiger partial charge in [0, 0.05) is 26.1 Å². The molecular weight excluding hydrogens is 184 g/mol. The molecule has 0 saturated heterocycles. The predicted molar refractivity (Wildman–Crippen MR) is 53.0 cm³/mol. The Labute approximate surface area is 84.1 Å². The van der Waals surface area contributed by atoms with Gasteiger partial charge >= 0.3 is 5.97 Å². The van der Waals surface area contributed by atoms with Crippen molar-refractivity contribution in [3.63, 3.8) is 0 Å². The number of hydrogen-bond acceptors (Lipinski definition) is 3. The summed E-state index contributed by atoms with van der Waals surface area (Å²) in [5, 5.41) is 11.0. The van der Waals surface area contributed by atoms with Crippen molar-refractivity contribution >= 4 is 11.9 Å². The number of amides is 1. The van der Waals surface area contributed by atoms with E-state index < -0.39 is 5.97 Å². The second kappa shape index (κ2) is 6.37. The quantitative estimate of drug-likeness (QED) is 0.624. The van der Waals surface area contributed by atoms with Crippen LogP contribution in [-0.4, -0.2) is 49.1 Å². The van der Waals surface area contributed by atoms with Gasteiger partial charge in [-0.05, 0) is 7.05 Å². The minimum atomic E-state index is -0.815. The molecule has 2 N–H and O–H groups in total. The van der Waals surface area contributed by atoms with E-state index in [9.17, 15) is 9.59 Å². The Kier molecular flexibility index (Phi) is 5.87. The first-order valence-electron chi connectivity index (χ1n) is 4.59. The molecule has 0 spiro atoms. The molecule has 0 aromatic heterocycles. The minimum absolute atomic E-state index is 0.0211. The summed E-state index contributed by atoms with van der Waals surface area (Å²) in [4.78, 5) is 23.2. The Balaban J connectivity index is 3.76. The molecule has 1 amide bonds. The smallest absolute Gasteiger partial charge is 0.304 e. The van der Waals surface area contributed by atoms with Crippen LogP contribution in [0.5, 0.6) is 0 Å². The lowest BCUT2D eigenvalue weighted by atomic mass is 10.1. The summed E-state index contributed by atoms with van der Waals surface area (Å²) in [6.07, 6.45) is 0.108. The van der Waals surface area contributed by atoms with Crippen LogP contribution in [0.3, 0.4) is 0 Å². The molecule has 0 fully saturated rings. The van der Waals surface area contributed by atoms with Gasteiger partial charge in [-0.15, -0.1) is 0 Å². The van der Waals surface area contributed by atoms with Crippen LogP contribution in [0.2, 0.25) is 0 Å². The van der Waals surface area contributed by atoms with Crippen molar-refractivity contribution in [3.8, 4) is 0 Å². The van der Waals surface area contributed by atoms with E-state index in [-0.39, 0.29) is 18.2 Å². The second-order valence-electron chi connectivity index (χ2n) is 3.42. The van der Waals surface area contributed by atoms with Crippen LogP contribution in [-0.2, 0) is 9.59 Å². The van der Waals surface area contributed by atoms with Crippen molar-refractivity contribution in [2.45, 2.75) is 13.3 Å². The lowest BCUT2D eigenvalue weighted by Gasteiger charge is -2.19. The molecule has 0 rings (SSSR count). The van der Waals surface area contributed by atoms with E-state index in [0.717, 1.165) is 0 Å². The number of carboxylic acid groups (broad SMARTS) is 1. The van der Waals surface area contributed by atoms with Gasteiger partial charge < -0.3 is 15.3 Å². The van der Waals surface area contributed by atoms with Crippen LogP contribution >= 0.6 is 0 Å². The van der Waals surface area contributed by atoms with Gasteiger partial charge in [0.25, 0.3) is 0 Å². The van der Waals surface area contributed by atoms with Crippen molar-refractivity contribution in [2.75, 3.05) is 27.2 Å². The molecule has 0 radical (unpaired) electrons. The molecular formula is C9H18N2O3. The van der Waals surface area contributed by atoms with Gasteiger partial charge in [-0.3, -0.25) is 9.59 Å². The Hall–Kier alpha value is -1.10. The van der Waals surface area contributed by atoms with Gasteiger partial charge in [0.1, 0.15) is 0 Å². The molecule has 1 unspecified atom stereocenters. The van der Waals surface area contributed by atoms with Crippen LogP contribution < -0.4 is 5.32 Å². The fourth-order valence-electron chi connectivity index (χ4n) is 1.17. The summed E-state index contributed by atoms with van der Waals surface area (Å²) in [5.74, 6) is -0.949. The number of carboxylic acids is 1. The van der Waals surface area contributed by atoms with E-state index in [4.69, 9.17) is 5.11 Å². The molecule has 82 valence electrons. The van der Waals surface area contributed by atoms with Crippen molar-refractivity contribution in [1.82, 2.24) is 10.2 Å². The maximum Gasteiger partial charge on any atom is 0.304 e. The Morgan fingerprint density at radius 3 is 2.50 bits per heavy atom. The molecule has 0 aliphatic rings. The number of rotatable bonds is 6. The molecule has 5 heteroatoms. The maximum absolute atomic E-state index is 11.1. The molecule has 0 aromatic rings. The van der Waals surface area contributed by atoms with Crippen molar-refractivity contribution < 1.29 is 14.7 Å². The third-order valence-electron chi connectivity index (χ3n) is 1.99. The summed E-state index contributed by atoms with van der Waals surface area (Å²) >= 11 is 0. The largest absolute Gasteiger partial charge is 0.481 e. The summed E-state index contributed by atoms with van der Waals surface area (Å²) in [5.41, 5.74) is 0. The van der Waals surface area contributed by atoms with Crippen LogP contribution in [0.1, 0.15) is 13.3 Å². The van der Waals surface area contributed by atoms with E-state index in [1.165, 1.54) is 0 Å². The number of carbonyl (C=O) groups is 2. The lowest BCUT2D eigenvalue weighted by Crippen LogP contribution is -2.35. The van der Waals surface area contributed by atoms with Gasteiger partial charge in [-0.1, -0.05) is 6.92 Å². The fourth-order valence-corrected chi connectivity index (χ4v) is 1.17. The number of nitrogens with zero attached hydrogens (tertiary/aromatic N) is 1. The molecule has 0 saturated carbocycles. The molecule has 0 aliphatic heterocycles. The fraction of sp³-hybridized carbons (Fsp3) is 0.778. The van der Waals surface area contributed by atoms with E-state index >= 15 is 0 Å². The standard InChI is InChI=1S/C9H18N2O3/c1-7(9(14)10-2)6-11(3)5-4-8(12)13/h7H,4-6H2,1-3H3,(H,10,14)(H,12,13). The number of hydrogen-bond donors (Lipinski definition) is 2. The van der Waals surface area contributed by atoms with Crippen LogP contribution in [0.15, 0.2) is 0 Å². The first kappa shape index (κ1) is 12.9. The van der Waals surface area contributed by atoms with Crippen LogP contribution in [0, 0.1) is 5.92 Å². The monoisotopic (exact) mass is 202 g/mol. The van der Waals surface area contributed by atoms with Gasteiger partial charge in [-0.2, -0.15) is 0 Å². The number of carbonyl (C=O) groups excluding carboxylic acids is 1. The van der Waals surface area contributed by atoms with Crippen molar-refractivity contribution in [3.05, 3.63) is 0 Å². The van der Waals surface area contributed by atoms with E-state index in [0.29, 0.717) is 13.1 Å². The van der Waals surface area contributed by atoms with Gasteiger partial charge in [-0.25, -0.2) is 0 Å². The topological polar surface area (TPSA) is 69.6 Å². The predicted octanol–water partition coefficient (Wildman–Crippen LogP) is -0.225. The normalized spacial score (nSPS) is 12.6. The average molecular weight is 202 g/mol. The summed E-state index contributed by atoms with van der Waals surface area (Å²) in [6.45, 7) is 2.86. The zero-order chi connectivity index (χ0) is 11.1. The average Bonchev–Trinajstić information content (AvgIpc) is 2.13. The third kappa shape index (κ3) is 5.53. The number of aliphatic carboxylic acids is 1. The molecule has 0 heterocycles. The second-order valence-corrected chi connectivity index (χ2v) is 3.42. The SMILES string of the molecule is CNC(=O)C(C)CN(C)CCC(=O)O. The van der Waals surface area contributed by atoms with Crippen LogP contribution in [0.25, 0.3) is 0 Å². The highest BCUT2D eigenvalue weighted by atomic mass is 16.4. The molecule has 0 bridgehead atoms. The first-order chi connectivity index (χ1) is 6.47. The first-order valence-corrected chi connectivity index (χ1v) is 4.59. The summed E-state index contributed by atoms with van der Waals surface area (Å²) < 4.78 is 0. The summed E-state index contributed by atoms with van der Waals surface area (Å²) in [7, 11) is 3.40. The van der Waals surface area contributed by atoms with E-state index in [2.05, 4.69) is 5.32 Å². The Morgan fingerprint density at radius 2 is 2.07 bits per heavy atom. The van der Waals surface area contributed by atoms with Crippen molar-refractivity contribution in [2.24, 2.45) is 5.92 Å². The summed E-state index contributed by atoms with van der Waals surface area (Å²) in [6, 6.07) is 0.